The summed E-state index contributed by atoms with van der Waals surface area (Å²) in [6, 6.07) is 2.54. The minimum atomic E-state index is -1.57. The van der Waals surface area contributed by atoms with Crippen LogP contribution in [-0.4, -0.2) is 50.6 Å². The lowest BCUT2D eigenvalue weighted by atomic mass is 10.0. The summed E-state index contributed by atoms with van der Waals surface area (Å²) in [5, 5.41) is 31.3. The van der Waals surface area contributed by atoms with Gasteiger partial charge in [-0.25, -0.2) is 14.6 Å². The van der Waals surface area contributed by atoms with Crippen molar-refractivity contribution in [2.45, 2.75) is 38.6 Å². The molecule has 0 saturated heterocycles. The molecule has 8 nitrogen and oxygen atoms in total. The zero-order chi connectivity index (χ0) is 17.8. The summed E-state index contributed by atoms with van der Waals surface area (Å²) >= 11 is 5.62. The summed E-state index contributed by atoms with van der Waals surface area (Å²) < 4.78 is 4.98. The van der Waals surface area contributed by atoms with Crippen molar-refractivity contribution in [2.24, 2.45) is 0 Å². The number of aromatic carboxylic acids is 1. The molecule has 1 rings (SSSR count). The van der Waals surface area contributed by atoms with Crippen molar-refractivity contribution >= 4 is 23.7 Å². The van der Waals surface area contributed by atoms with Crippen molar-refractivity contribution in [3.05, 3.63) is 28.5 Å². The van der Waals surface area contributed by atoms with Gasteiger partial charge in [-0.2, -0.15) is 0 Å². The normalized spacial score (nSPS) is 14.0. The van der Waals surface area contributed by atoms with E-state index in [4.69, 9.17) is 21.4 Å². The molecule has 0 saturated carbocycles. The molecule has 0 bridgehead atoms. The van der Waals surface area contributed by atoms with E-state index in [2.05, 4.69) is 10.3 Å². The van der Waals surface area contributed by atoms with Gasteiger partial charge in [-0.1, -0.05) is 17.7 Å². The topological polar surface area (TPSA) is 129 Å². The van der Waals surface area contributed by atoms with Crippen LogP contribution in [0.2, 0.25) is 5.15 Å². The molecule has 2 unspecified atom stereocenters. The number of ether oxygens (including phenoxy) is 1. The minimum Gasteiger partial charge on any atom is -0.476 e. The lowest BCUT2D eigenvalue weighted by Gasteiger charge is -2.22. The van der Waals surface area contributed by atoms with Crippen molar-refractivity contribution in [1.82, 2.24) is 10.3 Å². The third-order valence-electron chi connectivity index (χ3n) is 2.63. The maximum absolute atomic E-state index is 11.5. The van der Waals surface area contributed by atoms with Crippen LogP contribution in [0.15, 0.2) is 12.1 Å². The molecule has 2 atom stereocenters. The number of carbonyl (C=O) groups is 2. The monoisotopic (exact) mass is 346 g/mol. The van der Waals surface area contributed by atoms with E-state index in [1.54, 1.807) is 20.8 Å². The number of carbonyl (C=O) groups excluding carboxylic acids is 1. The Labute approximate surface area is 138 Å². The lowest BCUT2D eigenvalue weighted by Crippen LogP contribution is -2.39. The Balaban J connectivity index is 2.76. The summed E-state index contributed by atoms with van der Waals surface area (Å²) in [5.74, 6) is -1.39. The predicted molar refractivity (Wildman–Crippen MR) is 81.4 cm³/mol. The van der Waals surface area contributed by atoms with Gasteiger partial charge in [0.1, 0.15) is 23.0 Å². The lowest BCUT2D eigenvalue weighted by molar-refractivity contribution is 0.0118. The molecular formula is C14H19ClN2O6. The highest BCUT2D eigenvalue weighted by molar-refractivity contribution is 6.29. The highest BCUT2D eigenvalue weighted by Gasteiger charge is 2.26. The van der Waals surface area contributed by atoms with Crippen LogP contribution in [0.4, 0.5) is 4.79 Å². The Hall–Kier alpha value is -1.90. The second kappa shape index (κ2) is 7.58. The van der Waals surface area contributed by atoms with E-state index in [1.165, 1.54) is 12.1 Å². The van der Waals surface area contributed by atoms with Crippen LogP contribution in [-0.2, 0) is 4.74 Å². The average Bonchev–Trinajstić information content (AvgIpc) is 2.42. The second-order valence-electron chi connectivity index (χ2n) is 5.77. The van der Waals surface area contributed by atoms with Crippen LogP contribution in [0.3, 0.4) is 0 Å². The fourth-order valence-electron chi connectivity index (χ4n) is 1.68. The number of alkyl carbamates (subject to hydrolysis) is 1. The fraction of sp³-hybridized carbons (Fsp3) is 0.500. The fourth-order valence-corrected chi connectivity index (χ4v) is 1.82. The number of aliphatic hydroxyl groups excluding tert-OH is 2. The predicted octanol–water partition coefficient (Wildman–Crippen LogP) is 1.35. The quantitative estimate of drug-likeness (QED) is 0.592. The molecule has 0 fully saturated rings. The zero-order valence-electron chi connectivity index (χ0n) is 12.9. The first-order valence-electron chi connectivity index (χ1n) is 6.74. The van der Waals surface area contributed by atoms with Crippen LogP contribution in [0.25, 0.3) is 0 Å². The number of aromatic nitrogens is 1. The molecular weight excluding hydrogens is 328 g/mol. The molecule has 0 aromatic carbocycles. The maximum Gasteiger partial charge on any atom is 0.407 e. The van der Waals surface area contributed by atoms with Crippen molar-refractivity contribution < 1.29 is 29.6 Å². The van der Waals surface area contributed by atoms with Crippen LogP contribution < -0.4 is 5.32 Å². The number of amides is 1. The van der Waals surface area contributed by atoms with Crippen LogP contribution in [0, 0.1) is 0 Å². The van der Waals surface area contributed by atoms with Gasteiger partial charge in [0.25, 0.3) is 0 Å². The highest BCUT2D eigenvalue weighted by atomic mass is 35.5. The molecule has 0 aliphatic rings. The number of nitrogens with one attached hydrogen (secondary N) is 1. The molecule has 9 heteroatoms. The van der Waals surface area contributed by atoms with Crippen LogP contribution >= 0.6 is 11.6 Å². The number of nitrogens with zero attached hydrogens (tertiary/aromatic N) is 1. The summed E-state index contributed by atoms with van der Waals surface area (Å²) in [7, 11) is 0. The second-order valence-corrected chi connectivity index (χ2v) is 6.16. The third kappa shape index (κ3) is 6.01. The Bertz CT molecular complexity index is 587. The van der Waals surface area contributed by atoms with Crippen molar-refractivity contribution in [1.29, 1.82) is 0 Å². The Morgan fingerprint density at radius 1 is 1.35 bits per heavy atom. The number of halogens is 1. The molecule has 1 aromatic heterocycles. The largest absolute Gasteiger partial charge is 0.476 e. The number of aliphatic hydroxyl groups is 2. The first kappa shape index (κ1) is 19.1. The summed E-state index contributed by atoms with van der Waals surface area (Å²) in [5.41, 5.74) is -1.29. The minimum absolute atomic E-state index is 0.0558. The van der Waals surface area contributed by atoms with Gasteiger partial charge in [0.2, 0.25) is 0 Å². The molecule has 1 heterocycles. The van der Waals surface area contributed by atoms with Gasteiger partial charge in [-0.3, -0.25) is 0 Å². The molecule has 0 aliphatic heterocycles. The van der Waals surface area contributed by atoms with Gasteiger partial charge in [-0.15, -0.1) is 0 Å². The van der Waals surface area contributed by atoms with E-state index in [0.29, 0.717) is 0 Å². The van der Waals surface area contributed by atoms with E-state index in [0.717, 1.165) is 0 Å². The standard InChI is InChI=1S/C14H19ClN2O6/c1-14(2,3)23-13(22)16-6-8(18)11(19)7-4-5-9(15)17-10(7)12(20)21/h4-5,8,11,18-19H,6H2,1-3H3,(H,16,22)(H,20,21). The van der Waals surface area contributed by atoms with Gasteiger partial charge in [-0.05, 0) is 26.8 Å². The molecule has 4 N–H and O–H groups in total. The summed E-state index contributed by atoms with van der Waals surface area (Å²) in [4.78, 5) is 26.2. The number of hydrogen-bond acceptors (Lipinski definition) is 6. The number of carboxylic acids is 1. The zero-order valence-corrected chi connectivity index (χ0v) is 13.7. The van der Waals surface area contributed by atoms with E-state index in [-0.39, 0.29) is 17.3 Å². The van der Waals surface area contributed by atoms with E-state index in [9.17, 15) is 19.8 Å². The molecule has 23 heavy (non-hydrogen) atoms. The van der Waals surface area contributed by atoms with E-state index >= 15 is 0 Å². The first-order valence-corrected chi connectivity index (χ1v) is 7.12. The molecule has 0 radical (unpaired) electrons. The summed E-state index contributed by atoms with van der Waals surface area (Å²) in [6.07, 6.45) is -3.79. The SMILES string of the molecule is CC(C)(C)OC(=O)NCC(O)C(O)c1ccc(Cl)nc1C(=O)O. The average molecular weight is 347 g/mol. The Morgan fingerprint density at radius 2 is 1.96 bits per heavy atom. The third-order valence-corrected chi connectivity index (χ3v) is 2.84. The van der Waals surface area contributed by atoms with Gasteiger partial charge < -0.3 is 25.4 Å². The molecule has 128 valence electrons. The first-order chi connectivity index (χ1) is 10.5. The Morgan fingerprint density at radius 3 is 2.48 bits per heavy atom. The van der Waals surface area contributed by atoms with Gasteiger partial charge in [0.15, 0.2) is 5.69 Å². The molecule has 1 amide bonds. The van der Waals surface area contributed by atoms with Crippen LogP contribution in [0.1, 0.15) is 42.9 Å². The molecule has 0 aliphatic carbocycles. The number of rotatable bonds is 5. The van der Waals surface area contributed by atoms with Crippen LogP contribution in [0.5, 0.6) is 0 Å². The van der Waals surface area contributed by atoms with Gasteiger partial charge in [0, 0.05) is 12.1 Å². The summed E-state index contributed by atoms with van der Waals surface area (Å²) in [6.45, 7) is 4.70. The van der Waals surface area contributed by atoms with E-state index < -0.39 is 35.6 Å². The Kier molecular flexibility index (Phi) is 6.31. The van der Waals surface area contributed by atoms with Gasteiger partial charge >= 0.3 is 12.1 Å². The van der Waals surface area contributed by atoms with E-state index in [1.807, 2.05) is 0 Å². The highest BCUT2D eigenvalue weighted by Crippen LogP contribution is 2.22. The number of carboxylic acid groups (broad SMARTS) is 1. The maximum atomic E-state index is 11.5. The smallest absolute Gasteiger partial charge is 0.407 e. The number of pyridine rings is 1. The molecule has 1 aromatic rings. The van der Waals surface area contributed by atoms with Crippen molar-refractivity contribution in [3.8, 4) is 0 Å². The van der Waals surface area contributed by atoms with Gasteiger partial charge in [0.05, 0.1) is 0 Å². The molecule has 0 spiro atoms. The van der Waals surface area contributed by atoms with Crippen molar-refractivity contribution in [2.75, 3.05) is 6.54 Å². The number of hydrogen-bond donors (Lipinski definition) is 4. The van der Waals surface area contributed by atoms with Crippen molar-refractivity contribution in [3.63, 3.8) is 0 Å².